The fourth-order valence-corrected chi connectivity index (χ4v) is 3.77. The lowest BCUT2D eigenvalue weighted by Crippen LogP contribution is -2.38. The van der Waals surface area contributed by atoms with E-state index in [1.807, 2.05) is 32.0 Å². The summed E-state index contributed by atoms with van der Waals surface area (Å²) in [5.41, 5.74) is 3.52. The van der Waals surface area contributed by atoms with E-state index in [1.54, 1.807) is 6.92 Å². The smallest absolute Gasteiger partial charge is 0.260 e. The van der Waals surface area contributed by atoms with Crippen molar-refractivity contribution in [2.24, 2.45) is 0 Å². The van der Waals surface area contributed by atoms with Crippen LogP contribution < -0.4 is 15.4 Å². The maximum absolute atomic E-state index is 12.6. The van der Waals surface area contributed by atoms with E-state index in [0.29, 0.717) is 35.4 Å². The normalized spacial score (nSPS) is 16.4. The maximum atomic E-state index is 12.6. The van der Waals surface area contributed by atoms with Crippen LogP contribution >= 0.6 is 0 Å². The molecule has 1 aliphatic rings. The van der Waals surface area contributed by atoms with Gasteiger partial charge >= 0.3 is 0 Å². The van der Waals surface area contributed by atoms with Gasteiger partial charge in [-0.15, -0.1) is 0 Å². The molecular weight excluding hydrogens is 384 g/mol. The Balaban J connectivity index is 1.61. The lowest BCUT2D eigenvalue weighted by Gasteiger charge is -2.24. The highest BCUT2D eigenvalue weighted by atomic mass is 16.5. The average Bonchev–Trinajstić information content (AvgIpc) is 3.32. The van der Waals surface area contributed by atoms with Crippen LogP contribution in [0.5, 0.6) is 5.75 Å². The molecule has 1 amide bonds. The zero-order valence-electron chi connectivity index (χ0n) is 17.4. The van der Waals surface area contributed by atoms with Gasteiger partial charge in [-0.3, -0.25) is 4.79 Å². The molecule has 2 aromatic heterocycles. The summed E-state index contributed by atoms with van der Waals surface area (Å²) in [6.45, 7) is 7.07. The molecule has 1 aromatic carbocycles. The van der Waals surface area contributed by atoms with Gasteiger partial charge in [0.15, 0.2) is 0 Å². The second-order valence-electron chi connectivity index (χ2n) is 7.62. The van der Waals surface area contributed by atoms with Crippen molar-refractivity contribution in [1.29, 1.82) is 0 Å². The summed E-state index contributed by atoms with van der Waals surface area (Å²) in [6, 6.07) is 5.93. The van der Waals surface area contributed by atoms with Crippen LogP contribution in [0.3, 0.4) is 0 Å². The van der Waals surface area contributed by atoms with Gasteiger partial charge in [-0.05, 0) is 58.4 Å². The Labute approximate surface area is 174 Å². The molecule has 0 aliphatic carbocycles. The van der Waals surface area contributed by atoms with Crippen molar-refractivity contribution >= 4 is 11.6 Å². The Bertz CT molecular complexity index is 1010. The van der Waals surface area contributed by atoms with Crippen molar-refractivity contribution in [2.75, 3.05) is 18.5 Å². The Morgan fingerprint density at radius 3 is 2.77 bits per heavy atom. The van der Waals surface area contributed by atoms with Crippen LogP contribution in [0.15, 0.2) is 33.4 Å². The Hall–Kier alpha value is -3.13. The molecule has 0 saturated carbocycles. The minimum atomic E-state index is -0.279. The molecule has 1 atom stereocenters. The first-order valence-corrected chi connectivity index (χ1v) is 10.2. The first-order valence-electron chi connectivity index (χ1n) is 10.2. The monoisotopic (exact) mass is 410 g/mol. The SMILES string of the molecule is Cc1noc(C)c1-c1cc(NC(=O)c2cnoc2C)ccc1OCC1CCCCN1. The number of piperidine rings is 1. The van der Waals surface area contributed by atoms with Crippen LogP contribution in [-0.2, 0) is 0 Å². The van der Waals surface area contributed by atoms with Gasteiger partial charge < -0.3 is 24.4 Å². The number of nitrogens with one attached hydrogen (secondary N) is 2. The van der Waals surface area contributed by atoms with Gasteiger partial charge in [-0.1, -0.05) is 16.7 Å². The van der Waals surface area contributed by atoms with Crippen molar-refractivity contribution in [2.45, 2.75) is 46.1 Å². The van der Waals surface area contributed by atoms with Crippen molar-refractivity contribution in [3.8, 4) is 16.9 Å². The quantitative estimate of drug-likeness (QED) is 0.632. The number of carbonyl (C=O) groups is 1. The molecule has 3 heterocycles. The fraction of sp³-hybridized carbons (Fsp3) is 0.409. The third-order valence-electron chi connectivity index (χ3n) is 5.39. The van der Waals surface area contributed by atoms with E-state index < -0.39 is 0 Å². The minimum absolute atomic E-state index is 0.279. The fourth-order valence-electron chi connectivity index (χ4n) is 3.77. The van der Waals surface area contributed by atoms with Crippen LogP contribution in [0.1, 0.15) is 46.8 Å². The van der Waals surface area contributed by atoms with Crippen LogP contribution in [0.25, 0.3) is 11.1 Å². The summed E-state index contributed by atoms with van der Waals surface area (Å²) < 4.78 is 16.5. The van der Waals surface area contributed by atoms with E-state index in [-0.39, 0.29) is 5.91 Å². The third-order valence-corrected chi connectivity index (χ3v) is 5.39. The van der Waals surface area contributed by atoms with E-state index in [1.165, 1.54) is 19.0 Å². The van der Waals surface area contributed by atoms with Crippen molar-refractivity contribution in [3.05, 3.63) is 47.2 Å². The molecule has 8 heteroatoms. The highest BCUT2D eigenvalue weighted by Gasteiger charge is 2.20. The molecule has 8 nitrogen and oxygen atoms in total. The molecule has 1 unspecified atom stereocenters. The van der Waals surface area contributed by atoms with Gasteiger partial charge in [-0.2, -0.15) is 0 Å². The molecule has 1 saturated heterocycles. The topological polar surface area (TPSA) is 102 Å². The Morgan fingerprint density at radius 1 is 1.23 bits per heavy atom. The van der Waals surface area contributed by atoms with Gasteiger partial charge in [0, 0.05) is 17.3 Å². The number of amides is 1. The van der Waals surface area contributed by atoms with Gasteiger partial charge in [-0.25, -0.2) is 0 Å². The molecule has 3 aromatic rings. The summed E-state index contributed by atoms with van der Waals surface area (Å²) >= 11 is 0. The predicted molar refractivity (Wildman–Crippen MR) is 112 cm³/mol. The molecule has 4 rings (SSSR count). The molecule has 0 bridgehead atoms. The Kier molecular flexibility index (Phi) is 5.85. The lowest BCUT2D eigenvalue weighted by atomic mass is 10.0. The largest absolute Gasteiger partial charge is 0.491 e. The number of carbonyl (C=O) groups excluding carboxylic acids is 1. The van der Waals surface area contributed by atoms with Crippen LogP contribution in [0, 0.1) is 20.8 Å². The maximum Gasteiger partial charge on any atom is 0.260 e. The zero-order chi connectivity index (χ0) is 21.1. The summed E-state index contributed by atoms with van der Waals surface area (Å²) in [7, 11) is 0. The zero-order valence-corrected chi connectivity index (χ0v) is 17.4. The molecule has 158 valence electrons. The number of rotatable bonds is 6. The number of nitrogens with zero attached hydrogens (tertiary/aromatic N) is 2. The van der Waals surface area contributed by atoms with Crippen molar-refractivity contribution < 1.29 is 18.6 Å². The predicted octanol–water partition coefficient (Wildman–Crippen LogP) is 4.03. The molecule has 0 spiro atoms. The van der Waals surface area contributed by atoms with E-state index in [9.17, 15) is 4.79 Å². The summed E-state index contributed by atoms with van der Waals surface area (Å²) in [4.78, 5) is 12.6. The molecule has 0 radical (unpaired) electrons. The number of benzene rings is 1. The summed E-state index contributed by atoms with van der Waals surface area (Å²) in [5.74, 6) is 1.62. The third kappa shape index (κ3) is 4.23. The van der Waals surface area contributed by atoms with Crippen LogP contribution in [0.2, 0.25) is 0 Å². The van der Waals surface area contributed by atoms with E-state index >= 15 is 0 Å². The van der Waals surface area contributed by atoms with Gasteiger partial charge in [0.25, 0.3) is 5.91 Å². The van der Waals surface area contributed by atoms with Crippen molar-refractivity contribution in [3.63, 3.8) is 0 Å². The number of aryl methyl sites for hydroxylation is 3. The molecular formula is C22H26N4O4. The Morgan fingerprint density at radius 2 is 2.10 bits per heavy atom. The second kappa shape index (κ2) is 8.71. The average molecular weight is 410 g/mol. The summed E-state index contributed by atoms with van der Waals surface area (Å²) in [5, 5.41) is 14.1. The first-order chi connectivity index (χ1) is 14.5. The first kappa shape index (κ1) is 20.2. The number of aromatic nitrogens is 2. The second-order valence-corrected chi connectivity index (χ2v) is 7.62. The molecule has 2 N–H and O–H groups in total. The van der Waals surface area contributed by atoms with E-state index in [0.717, 1.165) is 35.5 Å². The van der Waals surface area contributed by atoms with Gasteiger partial charge in [0.2, 0.25) is 0 Å². The minimum Gasteiger partial charge on any atom is -0.491 e. The number of anilines is 1. The summed E-state index contributed by atoms with van der Waals surface area (Å²) in [6.07, 6.45) is 4.94. The van der Waals surface area contributed by atoms with Gasteiger partial charge in [0.1, 0.15) is 29.4 Å². The lowest BCUT2D eigenvalue weighted by molar-refractivity contribution is 0.102. The standard InChI is InChI=1S/C22H26N4O4/c1-13-21(15(3)30-26-13)18-10-16(25-22(27)19-11-24-29-14(19)2)7-8-20(18)28-12-17-6-4-5-9-23-17/h7-8,10-11,17,23H,4-6,9,12H2,1-3H3,(H,25,27). The molecule has 30 heavy (non-hydrogen) atoms. The molecule has 1 aliphatic heterocycles. The van der Waals surface area contributed by atoms with Gasteiger partial charge in [0.05, 0.1) is 17.5 Å². The highest BCUT2D eigenvalue weighted by molar-refractivity contribution is 6.05. The molecule has 1 fully saturated rings. The number of hydrogen-bond acceptors (Lipinski definition) is 7. The number of hydrogen-bond donors (Lipinski definition) is 2. The van der Waals surface area contributed by atoms with Crippen molar-refractivity contribution in [1.82, 2.24) is 15.6 Å². The van der Waals surface area contributed by atoms with E-state index in [4.69, 9.17) is 13.8 Å². The van der Waals surface area contributed by atoms with Crippen LogP contribution in [0.4, 0.5) is 5.69 Å². The van der Waals surface area contributed by atoms with E-state index in [2.05, 4.69) is 20.9 Å². The van der Waals surface area contributed by atoms with Crippen LogP contribution in [-0.4, -0.2) is 35.4 Å². The number of ether oxygens (including phenoxy) is 1. The highest BCUT2D eigenvalue weighted by Crippen LogP contribution is 2.37.